The van der Waals surface area contributed by atoms with Gasteiger partial charge >= 0.3 is 6.09 Å². The number of likely N-dealkylation sites (tertiary alicyclic amines) is 2. The Labute approximate surface area is 184 Å². The molecule has 1 atom stereocenters. The summed E-state index contributed by atoms with van der Waals surface area (Å²) in [6.07, 6.45) is 4.44. The van der Waals surface area contributed by atoms with E-state index in [2.05, 4.69) is 20.6 Å². The van der Waals surface area contributed by atoms with Crippen molar-refractivity contribution in [1.29, 1.82) is 0 Å². The monoisotopic (exact) mass is 436 g/mol. The van der Waals surface area contributed by atoms with Crippen LogP contribution in [-0.4, -0.2) is 64.6 Å². The number of rotatable bonds is 5. The van der Waals surface area contributed by atoms with E-state index in [4.69, 9.17) is 4.74 Å². The van der Waals surface area contributed by atoms with Crippen molar-refractivity contribution in [2.24, 2.45) is 5.92 Å². The Bertz CT molecular complexity index is 722. The lowest BCUT2D eigenvalue weighted by Gasteiger charge is -2.40. The number of aromatic nitrogens is 1. The predicted molar refractivity (Wildman–Crippen MR) is 118 cm³/mol. The van der Waals surface area contributed by atoms with Crippen LogP contribution in [0.15, 0.2) is 5.38 Å². The van der Waals surface area contributed by atoms with Crippen LogP contribution in [0.4, 0.5) is 4.79 Å². The van der Waals surface area contributed by atoms with Crippen LogP contribution in [0, 0.1) is 12.8 Å². The van der Waals surface area contributed by atoms with Gasteiger partial charge in [-0.3, -0.25) is 9.69 Å². The molecule has 1 N–H and O–H groups in total. The highest BCUT2D eigenvalue weighted by Crippen LogP contribution is 2.25. The SMILES string of the molecule is Cc1nc(CN2CCC(C(=O)N3CCCCC3CNC(=O)OC(C)(C)C)CC2)cs1. The molecule has 30 heavy (non-hydrogen) atoms. The molecule has 1 aromatic heterocycles. The lowest BCUT2D eigenvalue weighted by molar-refractivity contribution is -0.140. The molecule has 0 bridgehead atoms. The Morgan fingerprint density at radius 1 is 1.20 bits per heavy atom. The van der Waals surface area contributed by atoms with Crippen LogP contribution >= 0.6 is 11.3 Å². The van der Waals surface area contributed by atoms with Gasteiger partial charge in [0.2, 0.25) is 5.91 Å². The predicted octanol–water partition coefficient (Wildman–Crippen LogP) is 3.57. The number of aryl methyl sites for hydroxylation is 1. The zero-order valence-corrected chi connectivity index (χ0v) is 19.6. The Kier molecular flexibility index (Phi) is 7.74. The third-order valence-corrected chi connectivity index (χ3v) is 6.60. The van der Waals surface area contributed by atoms with Gasteiger partial charge in [0.25, 0.3) is 0 Å². The second-order valence-corrected chi connectivity index (χ2v) is 10.5. The number of ether oxygens (including phenoxy) is 1. The zero-order chi connectivity index (χ0) is 21.7. The molecule has 2 fully saturated rings. The molecule has 2 saturated heterocycles. The number of nitrogens with zero attached hydrogens (tertiary/aromatic N) is 3. The molecule has 0 saturated carbocycles. The summed E-state index contributed by atoms with van der Waals surface area (Å²) in [7, 11) is 0. The van der Waals surface area contributed by atoms with Crippen molar-refractivity contribution in [2.75, 3.05) is 26.2 Å². The molecule has 0 radical (unpaired) electrons. The molecule has 3 rings (SSSR count). The van der Waals surface area contributed by atoms with Gasteiger partial charge in [0.15, 0.2) is 0 Å². The van der Waals surface area contributed by atoms with E-state index in [9.17, 15) is 9.59 Å². The first-order valence-corrected chi connectivity index (χ1v) is 12.0. The average molecular weight is 437 g/mol. The Morgan fingerprint density at radius 3 is 2.57 bits per heavy atom. The number of nitrogens with one attached hydrogen (secondary N) is 1. The first-order valence-electron chi connectivity index (χ1n) is 11.1. The summed E-state index contributed by atoms with van der Waals surface area (Å²) < 4.78 is 5.34. The quantitative estimate of drug-likeness (QED) is 0.764. The van der Waals surface area contributed by atoms with Crippen LogP contribution in [0.3, 0.4) is 0 Å². The summed E-state index contributed by atoms with van der Waals surface area (Å²) in [5.74, 6) is 0.343. The van der Waals surface area contributed by atoms with Crippen LogP contribution in [0.2, 0.25) is 0 Å². The van der Waals surface area contributed by atoms with Crippen molar-refractivity contribution in [3.63, 3.8) is 0 Å². The number of hydrogen-bond acceptors (Lipinski definition) is 6. The highest BCUT2D eigenvalue weighted by atomic mass is 32.1. The van der Waals surface area contributed by atoms with Gasteiger partial charge in [-0.15, -0.1) is 11.3 Å². The van der Waals surface area contributed by atoms with E-state index in [1.54, 1.807) is 11.3 Å². The van der Waals surface area contributed by atoms with E-state index in [1.165, 1.54) is 0 Å². The maximum atomic E-state index is 13.3. The van der Waals surface area contributed by atoms with Gasteiger partial charge in [0, 0.05) is 37.0 Å². The van der Waals surface area contributed by atoms with Gasteiger partial charge in [0.05, 0.1) is 10.7 Å². The number of piperidine rings is 2. The zero-order valence-electron chi connectivity index (χ0n) is 18.8. The standard InChI is InChI=1S/C22H36N4O3S/c1-16-24-18(15-30-16)14-25-11-8-17(9-12-25)20(27)26-10-6-5-7-19(26)13-23-21(28)29-22(2,3)4/h15,17,19H,5-14H2,1-4H3,(H,23,28). The third kappa shape index (κ3) is 6.67. The molecule has 0 spiro atoms. The van der Waals surface area contributed by atoms with Crippen molar-refractivity contribution < 1.29 is 14.3 Å². The third-order valence-electron chi connectivity index (χ3n) is 5.78. The molecule has 0 aromatic carbocycles. The Morgan fingerprint density at radius 2 is 1.93 bits per heavy atom. The van der Waals surface area contributed by atoms with Crippen molar-refractivity contribution in [2.45, 2.75) is 78.0 Å². The lowest BCUT2D eigenvalue weighted by atomic mass is 9.92. The average Bonchev–Trinajstić information content (AvgIpc) is 3.10. The van der Waals surface area contributed by atoms with Crippen molar-refractivity contribution in [3.8, 4) is 0 Å². The highest BCUT2D eigenvalue weighted by Gasteiger charge is 2.34. The fourth-order valence-corrected chi connectivity index (χ4v) is 4.90. The summed E-state index contributed by atoms with van der Waals surface area (Å²) in [6.45, 7) is 11.6. The molecular weight excluding hydrogens is 400 g/mol. The highest BCUT2D eigenvalue weighted by molar-refractivity contribution is 7.09. The van der Waals surface area contributed by atoms with Gasteiger partial charge < -0.3 is 15.0 Å². The van der Waals surface area contributed by atoms with E-state index in [-0.39, 0.29) is 17.9 Å². The second kappa shape index (κ2) is 10.1. The Hall–Kier alpha value is -1.67. The van der Waals surface area contributed by atoms with Gasteiger partial charge in [-0.05, 0) is 72.9 Å². The molecule has 7 nitrogen and oxygen atoms in total. The van der Waals surface area contributed by atoms with Gasteiger partial charge in [-0.1, -0.05) is 0 Å². The summed E-state index contributed by atoms with van der Waals surface area (Å²) in [4.78, 5) is 34.3. The summed E-state index contributed by atoms with van der Waals surface area (Å²) in [5.41, 5.74) is 0.615. The van der Waals surface area contributed by atoms with E-state index in [0.29, 0.717) is 6.54 Å². The normalized spacial score (nSPS) is 21.5. The van der Waals surface area contributed by atoms with E-state index >= 15 is 0 Å². The molecule has 168 valence electrons. The molecule has 2 amide bonds. The summed E-state index contributed by atoms with van der Waals surface area (Å²) in [5, 5.41) is 6.09. The van der Waals surface area contributed by atoms with Crippen molar-refractivity contribution >= 4 is 23.3 Å². The molecule has 8 heteroatoms. The van der Waals surface area contributed by atoms with Crippen LogP contribution in [-0.2, 0) is 16.1 Å². The molecule has 2 aliphatic rings. The maximum absolute atomic E-state index is 13.3. The summed E-state index contributed by atoms with van der Waals surface area (Å²) >= 11 is 1.69. The van der Waals surface area contributed by atoms with E-state index in [1.807, 2.05) is 32.6 Å². The van der Waals surface area contributed by atoms with Crippen molar-refractivity contribution in [3.05, 3.63) is 16.1 Å². The van der Waals surface area contributed by atoms with E-state index in [0.717, 1.165) is 69.0 Å². The fourth-order valence-electron chi connectivity index (χ4n) is 4.30. The second-order valence-electron chi connectivity index (χ2n) is 9.47. The molecule has 1 unspecified atom stereocenters. The number of hydrogen-bond donors (Lipinski definition) is 1. The molecule has 0 aliphatic carbocycles. The van der Waals surface area contributed by atoms with E-state index < -0.39 is 11.7 Å². The first-order chi connectivity index (χ1) is 14.2. The van der Waals surface area contributed by atoms with Gasteiger partial charge in [0.1, 0.15) is 5.60 Å². The molecular formula is C22H36N4O3S. The van der Waals surface area contributed by atoms with Crippen LogP contribution in [0.25, 0.3) is 0 Å². The minimum absolute atomic E-state index is 0.0646. The number of thiazole rings is 1. The van der Waals surface area contributed by atoms with Crippen LogP contribution in [0.1, 0.15) is 63.6 Å². The fraction of sp³-hybridized carbons (Fsp3) is 0.773. The van der Waals surface area contributed by atoms with Gasteiger partial charge in [-0.25, -0.2) is 9.78 Å². The number of amides is 2. The van der Waals surface area contributed by atoms with Crippen molar-refractivity contribution in [1.82, 2.24) is 20.1 Å². The summed E-state index contributed by atoms with van der Waals surface area (Å²) in [6, 6.07) is 0.0646. The number of carbonyl (C=O) groups excluding carboxylic acids is 2. The largest absolute Gasteiger partial charge is 0.444 e. The van der Waals surface area contributed by atoms with Crippen LogP contribution in [0.5, 0.6) is 0 Å². The lowest BCUT2D eigenvalue weighted by Crippen LogP contribution is -2.52. The van der Waals surface area contributed by atoms with Crippen LogP contribution < -0.4 is 5.32 Å². The number of alkyl carbamates (subject to hydrolysis) is 1. The first kappa shape index (κ1) is 23.0. The number of carbonyl (C=O) groups is 2. The minimum Gasteiger partial charge on any atom is -0.444 e. The molecule has 1 aromatic rings. The topological polar surface area (TPSA) is 74.8 Å². The smallest absolute Gasteiger partial charge is 0.407 e. The maximum Gasteiger partial charge on any atom is 0.407 e. The minimum atomic E-state index is -0.517. The Balaban J connectivity index is 1.48. The molecule has 2 aliphatic heterocycles. The molecule has 3 heterocycles. The van der Waals surface area contributed by atoms with Gasteiger partial charge in [-0.2, -0.15) is 0 Å².